The summed E-state index contributed by atoms with van der Waals surface area (Å²) in [5.74, 6) is 4.60. The van der Waals surface area contributed by atoms with Gasteiger partial charge in [-0.15, -0.1) is 0 Å². The Morgan fingerprint density at radius 2 is 2.14 bits per heavy atom. The number of nitrogen functional groups attached to an aromatic ring is 1. The maximum atomic E-state index is 12.2. The quantitative estimate of drug-likeness (QED) is 0.333. The molecule has 2 amide bonds. The van der Waals surface area contributed by atoms with Crippen LogP contribution in [0.3, 0.4) is 0 Å². The van der Waals surface area contributed by atoms with Crippen molar-refractivity contribution < 1.29 is 14.3 Å². The van der Waals surface area contributed by atoms with E-state index in [-0.39, 0.29) is 11.5 Å². The number of amides is 2. The van der Waals surface area contributed by atoms with Crippen molar-refractivity contribution in [3.05, 3.63) is 28.8 Å². The van der Waals surface area contributed by atoms with Crippen LogP contribution in [-0.2, 0) is 9.53 Å². The second-order valence-corrected chi connectivity index (χ2v) is 4.75. The van der Waals surface area contributed by atoms with E-state index in [1.165, 1.54) is 13.2 Å². The Morgan fingerprint density at radius 3 is 2.76 bits per heavy atom. The summed E-state index contributed by atoms with van der Waals surface area (Å²) in [4.78, 5) is 23.9. The molecule has 0 aliphatic rings. The van der Waals surface area contributed by atoms with E-state index in [9.17, 15) is 9.59 Å². The number of hydrogen-bond donors (Lipinski definition) is 4. The minimum Gasteiger partial charge on any atom is -0.383 e. The molecule has 116 valence electrons. The minimum atomic E-state index is -0.695. The largest absolute Gasteiger partial charge is 0.383 e. The third-order valence-corrected chi connectivity index (χ3v) is 2.96. The Bertz CT molecular complexity index is 510. The van der Waals surface area contributed by atoms with Crippen LogP contribution in [0.2, 0.25) is 5.02 Å². The molecule has 0 bridgehead atoms. The van der Waals surface area contributed by atoms with Crippen molar-refractivity contribution in [2.45, 2.75) is 13.0 Å². The van der Waals surface area contributed by atoms with Gasteiger partial charge >= 0.3 is 0 Å². The summed E-state index contributed by atoms with van der Waals surface area (Å²) in [7, 11) is 1.54. The predicted molar refractivity (Wildman–Crippen MR) is 81.1 cm³/mol. The molecule has 8 heteroatoms. The molecule has 1 rings (SSSR count). The molecule has 0 spiro atoms. The molecule has 7 nitrogen and oxygen atoms in total. The van der Waals surface area contributed by atoms with Crippen molar-refractivity contribution in [2.24, 2.45) is 5.84 Å². The van der Waals surface area contributed by atoms with Gasteiger partial charge < -0.3 is 20.8 Å². The zero-order valence-corrected chi connectivity index (χ0v) is 12.7. The summed E-state index contributed by atoms with van der Waals surface area (Å²) in [5.41, 5.74) is 3.10. The van der Waals surface area contributed by atoms with E-state index in [2.05, 4.69) is 16.1 Å². The Morgan fingerprint density at radius 1 is 1.43 bits per heavy atom. The molecule has 0 heterocycles. The number of methoxy groups -OCH3 is 1. The SMILES string of the molecule is COCCNC(=O)C(C)NC(=O)c1cc(Cl)ccc1NN. The summed E-state index contributed by atoms with van der Waals surface area (Å²) < 4.78 is 4.83. The normalized spacial score (nSPS) is 11.6. The van der Waals surface area contributed by atoms with Crippen LogP contribution in [0.4, 0.5) is 5.69 Å². The predicted octanol–water partition coefficient (Wildman–Crippen LogP) is 0.507. The number of halogens is 1. The number of rotatable bonds is 7. The summed E-state index contributed by atoms with van der Waals surface area (Å²) in [6.07, 6.45) is 0. The average molecular weight is 315 g/mol. The van der Waals surface area contributed by atoms with Crippen molar-refractivity contribution in [1.82, 2.24) is 10.6 Å². The van der Waals surface area contributed by atoms with Crippen LogP contribution in [0.1, 0.15) is 17.3 Å². The number of ether oxygens (including phenoxy) is 1. The second-order valence-electron chi connectivity index (χ2n) is 4.31. The number of carbonyl (C=O) groups is 2. The zero-order valence-electron chi connectivity index (χ0n) is 11.9. The van der Waals surface area contributed by atoms with Gasteiger partial charge in [-0.2, -0.15) is 0 Å². The van der Waals surface area contributed by atoms with Crippen molar-refractivity contribution in [2.75, 3.05) is 25.7 Å². The fraction of sp³-hybridized carbons (Fsp3) is 0.385. The van der Waals surface area contributed by atoms with Crippen LogP contribution in [-0.4, -0.2) is 38.1 Å². The molecule has 5 N–H and O–H groups in total. The van der Waals surface area contributed by atoms with Crippen LogP contribution in [0.15, 0.2) is 18.2 Å². The lowest BCUT2D eigenvalue weighted by molar-refractivity contribution is -0.122. The molecule has 0 saturated heterocycles. The van der Waals surface area contributed by atoms with Gasteiger partial charge in [-0.1, -0.05) is 11.6 Å². The van der Waals surface area contributed by atoms with Crippen molar-refractivity contribution in [3.8, 4) is 0 Å². The molecule has 0 aromatic heterocycles. The zero-order chi connectivity index (χ0) is 15.8. The lowest BCUT2D eigenvalue weighted by Crippen LogP contribution is -2.45. The maximum Gasteiger partial charge on any atom is 0.254 e. The highest BCUT2D eigenvalue weighted by Crippen LogP contribution is 2.19. The first-order valence-corrected chi connectivity index (χ1v) is 6.71. The Balaban J connectivity index is 2.68. The summed E-state index contributed by atoms with van der Waals surface area (Å²) in [6.45, 7) is 2.37. The number of hydrazine groups is 1. The van der Waals surface area contributed by atoms with Crippen LogP contribution in [0, 0.1) is 0 Å². The number of nitrogens with two attached hydrogens (primary N) is 1. The van der Waals surface area contributed by atoms with Gasteiger partial charge in [0, 0.05) is 18.7 Å². The van der Waals surface area contributed by atoms with Crippen molar-refractivity contribution >= 4 is 29.1 Å². The molecule has 1 aromatic rings. The average Bonchev–Trinajstić information content (AvgIpc) is 2.47. The van der Waals surface area contributed by atoms with Gasteiger partial charge in [0.2, 0.25) is 5.91 Å². The topological polar surface area (TPSA) is 105 Å². The van der Waals surface area contributed by atoms with E-state index in [4.69, 9.17) is 22.2 Å². The van der Waals surface area contributed by atoms with Crippen LogP contribution >= 0.6 is 11.6 Å². The van der Waals surface area contributed by atoms with E-state index < -0.39 is 11.9 Å². The third kappa shape index (κ3) is 5.22. The number of carbonyl (C=O) groups excluding carboxylic acids is 2. The van der Waals surface area contributed by atoms with Gasteiger partial charge in [-0.3, -0.25) is 15.4 Å². The van der Waals surface area contributed by atoms with Gasteiger partial charge in [0.25, 0.3) is 5.91 Å². The molecule has 0 aliphatic carbocycles. The molecule has 0 fully saturated rings. The number of anilines is 1. The number of benzene rings is 1. The molecule has 1 atom stereocenters. The monoisotopic (exact) mass is 314 g/mol. The molecular formula is C13H19ClN4O3. The lowest BCUT2D eigenvalue weighted by atomic mass is 10.1. The molecule has 0 saturated carbocycles. The highest BCUT2D eigenvalue weighted by atomic mass is 35.5. The van der Waals surface area contributed by atoms with E-state index >= 15 is 0 Å². The molecule has 0 aliphatic heterocycles. The standard InChI is InChI=1S/C13H19ClN4O3/c1-8(12(19)16-5-6-21-2)17-13(20)10-7-9(14)3-4-11(10)18-15/h3-4,7-8,18H,5-6,15H2,1-2H3,(H,16,19)(H,17,20). The fourth-order valence-electron chi connectivity index (χ4n) is 1.60. The highest BCUT2D eigenvalue weighted by molar-refractivity contribution is 6.31. The highest BCUT2D eigenvalue weighted by Gasteiger charge is 2.18. The Labute approximate surface area is 128 Å². The summed E-state index contributed by atoms with van der Waals surface area (Å²) >= 11 is 5.86. The van der Waals surface area contributed by atoms with Gasteiger partial charge in [0.15, 0.2) is 0 Å². The van der Waals surface area contributed by atoms with Crippen LogP contribution in [0.25, 0.3) is 0 Å². The smallest absolute Gasteiger partial charge is 0.254 e. The van der Waals surface area contributed by atoms with Crippen LogP contribution < -0.4 is 21.9 Å². The summed E-state index contributed by atoms with van der Waals surface area (Å²) in [6, 6.07) is 3.97. The molecular weight excluding hydrogens is 296 g/mol. The second kappa shape index (κ2) is 8.46. The van der Waals surface area contributed by atoms with Gasteiger partial charge in [0.1, 0.15) is 6.04 Å². The van der Waals surface area contributed by atoms with E-state index in [0.717, 1.165) is 0 Å². The molecule has 1 aromatic carbocycles. The van der Waals surface area contributed by atoms with Crippen LogP contribution in [0.5, 0.6) is 0 Å². The molecule has 0 radical (unpaired) electrons. The third-order valence-electron chi connectivity index (χ3n) is 2.73. The minimum absolute atomic E-state index is 0.265. The van der Waals surface area contributed by atoms with E-state index in [1.807, 2.05) is 0 Å². The first-order valence-electron chi connectivity index (χ1n) is 6.33. The lowest BCUT2D eigenvalue weighted by Gasteiger charge is -2.15. The molecule has 1 unspecified atom stereocenters. The number of nitrogens with one attached hydrogen (secondary N) is 3. The van der Waals surface area contributed by atoms with Crippen molar-refractivity contribution in [1.29, 1.82) is 0 Å². The Hall–Kier alpha value is -1.83. The number of hydrogen-bond acceptors (Lipinski definition) is 5. The molecule has 21 heavy (non-hydrogen) atoms. The van der Waals surface area contributed by atoms with Crippen molar-refractivity contribution in [3.63, 3.8) is 0 Å². The maximum absolute atomic E-state index is 12.2. The van der Waals surface area contributed by atoms with Gasteiger partial charge in [-0.25, -0.2) is 0 Å². The van der Waals surface area contributed by atoms with Gasteiger partial charge in [0.05, 0.1) is 17.9 Å². The van der Waals surface area contributed by atoms with E-state index in [1.54, 1.807) is 19.1 Å². The Kier molecular flexibility index (Phi) is 6.93. The summed E-state index contributed by atoms with van der Waals surface area (Å²) in [5, 5.41) is 5.61. The first-order chi connectivity index (χ1) is 9.99. The first kappa shape index (κ1) is 17.2. The fourth-order valence-corrected chi connectivity index (χ4v) is 1.77. The van der Waals surface area contributed by atoms with E-state index in [0.29, 0.717) is 23.9 Å². The van der Waals surface area contributed by atoms with Gasteiger partial charge in [-0.05, 0) is 25.1 Å².